The first kappa shape index (κ1) is 18.4. The van der Waals surface area contributed by atoms with E-state index < -0.39 is 37.6 Å². The molecule has 0 amide bonds. The Hall–Kier alpha value is 1.64. The van der Waals surface area contributed by atoms with E-state index in [-0.39, 0.29) is 0 Å². The van der Waals surface area contributed by atoms with Crippen molar-refractivity contribution in [2.75, 3.05) is 0 Å². The molecule has 1 heterocycles. The van der Waals surface area contributed by atoms with Gasteiger partial charge in [0, 0.05) is 0 Å². The first-order valence-corrected chi connectivity index (χ1v) is 29.8. The van der Waals surface area contributed by atoms with Gasteiger partial charge < -0.3 is 0 Å². The predicted octanol–water partition coefficient (Wildman–Crippen LogP) is 6.49. The van der Waals surface area contributed by atoms with Crippen LogP contribution in [-0.4, -0.2) is 37.6 Å². The summed E-state index contributed by atoms with van der Waals surface area (Å²) in [4.78, 5) is 11.2. The van der Waals surface area contributed by atoms with Crippen molar-refractivity contribution in [3.05, 3.63) is 0 Å². The zero-order valence-corrected chi connectivity index (χ0v) is 21.5. The fraction of sp³-hybridized carbons (Fsp3) is 1.00. The molecule has 1 saturated heterocycles. The van der Waals surface area contributed by atoms with Crippen LogP contribution < -0.4 is 0 Å². The monoisotopic (exact) mass is 524 g/mol. The molecule has 1 aliphatic heterocycles. The average Bonchev–Trinajstić information content (AvgIpc) is 2.35. The van der Waals surface area contributed by atoms with E-state index in [9.17, 15) is 0 Å². The third-order valence-electron chi connectivity index (χ3n) is 7.15. The Labute approximate surface area is 148 Å². The molecule has 2 saturated carbocycles. The Morgan fingerprint density at radius 1 is 0.500 bits per heavy atom. The van der Waals surface area contributed by atoms with E-state index in [1.807, 2.05) is 0 Å². The van der Waals surface area contributed by atoms with E-state index in [0.717, 1.165) is 23.7 Å². The zero-order valence-electron chi connectivity index (χ0n) is 15.8. The molecule has 4 bridgehead atoms. The zero-order chi connectivity index (χ0) is 15.8. The van der Waals surface area contributed by atoms with Gasteiger partial charge in [0.2, 0.25) is 0 Å². The molecule has 0 spiro atoms. The van der Waals surface area contributed by atoms with Gasteiger partial charge in [0.1, 0.15) is 0 Å². The molecule has 3 rings (SSSR count). The fourth-order valence-electron chi connectivity index (χ4n) is 6.84. The summed E-state index contributed by atoms with van der Waals surface area (Å²) in [5.41, 5.74) is 0. The Balaban J connectivity index is 1.77. The minimum absolute atomic E-state index is 1.16. The van der Waals surface area contributed by atoms with Crippen LogP contribution in [-0.2, 0) is 0 Å². The molecule has 4 unspecified atom stereocenters. The SMILES string of the molecule is [CH3][SbH]1([CH3])[CH2]C2CCCC(C2)[CH2][SbH]([CH3])([CH3])[CH2]C2CCCC(C2)[CH2]1. The molecule has 2 aliphatic carbocycles. The Morgan fingerprint density at radius 2 is 0.773 bits per heavy atom. The van der Waals surface area contributed by atoms with Crippen molar-refractivity contribution in [1.82, 2.24) is 0 Å². The second-order valence-electron chi connectivity index (χ2n) is 10.9. The van der Waals surface area contributed by atoms with E-state index in [2.05, 4.69) is 19.5 Å². The number of hydrogen-bond donors (Lipinski definition) is 0. The van der Waals surface area contributed by atoms with Gasteiger partial charge >= 0.3 is 150 Å². The van der Waals surface area contributed by atoms with Crippen LogP contribution >= 0.6 is 0 Å². The molecule has 0 aromatic heterocycles. The molecular weight excluding hydrogens is 484 g/mol. The summed E-state index contributed by atoms with van der Waals surface area (Å²) in [7, 11) is 0. The number of hydrogen-bond acceptors (Lipinski definition) is 0. The molecule has 0 N–H and O–H groups in total. The second-order valence-corrected chi connectivity index (χ2v) is 40.3. The van der Waals surface area contributed by atoms with Gasteiger partial charge in [-0.25, -0.2) is 0 Å². The minimum atomic E-state index is -1.74. The number of rotatable bonds is 0. The summed E-state index contributed by atoms with van der Waals surface area (Å²) in [6.45, 7) is 0. The molecule has 3 fully saturated rings. The molecule has 0 radical (unpaired) electrons. The Morgan fingerprint density at radius 3 is 1.05 bits per heavy atom. The maximum atomic E-state index is 2.80. The summed E-state index contributed by atoms with van der Waals surface area (Å²) in [5, 5.41) is 0. The summed E-state index contributed by atoms with van der Waals surface area (Å²) < 4.78 is 6.95. The van der Waals surface area contributed by atoms with Crippen molar-refractivity contribution in [3.63, 3.8) is 0 Å². The standard InChI is InChI=1S/2C8H14.4CH3.2Sb.2H/c2*1-7-4-3-5-8(2)6-7;;;;;;;;/h2*7-8H,1-6H2;4*1H3;;;;. The average molecular weight is 526 g/mol. The van der Waals surface area contributed by atoms with Gasteiger partial charge in [-0.2, -0.15) is 0 Å². The first-order chi connectivity index (χ1) is 10.3. The van der Waals surface area contributed by atoms with Crippen molar-refractivity contribution >= 4 is 37.6 Å². The van der Waals surface area contributed by atoms with Crippen LogP contribution in [0, 0.1) is 23.7 Å². The fourth-order valence-corrected chi connectivity index (χ4v) is 29.9. The Kier molecular flexibility index (Phi) is 6.27. The predicted molar refractivity (Wildman–Crippen MR) is 108 cm³/mol. The molecular formula is C20H42Sb2. The van der Waals surface area contributed by atoms with Crippen molar-refractivity contribution in [3.8, 4) is 0 Å². The van der Waals surface area contributed by atoms with Crippen LogP contribution in [0.5, 0.6) is 0 Å². The third-order valence-corrected chi connectivity index (χ3v) is 26.4. The normalized spacial score (nSPS) is 44.9. The molecule has 0 aromatic rings. The van der Waals surface area contributed by atoms with Crippen LogP contribution in [0.15, 0.2) is 0 Å². The van der Waals surface area contributed by atoms with Gasteiger partial charge in [0.05, 0.1) is 0 Å². The van der Waals surface area contributed by atoms with Crippen LogP contribution in [0.25, 0.3) is 0 Å². The van der Waals surface area contributed by atoms with Gasteiger partial charge in [0.15, 0.2) is 0 Å². The van der Waals surface area contributed by atoms with E-state index in [4.69, 9.17) is 0 Å². The first-order valence-electron chi connectivity index (χ1n) is 10.3. The van der Waals surface area contributed by atoms with Crippen molar-refractivity contribution in [2.45, 2.75) is 88.3 Å². The molecule has 0 aromatic carbocycles. The molecule has 3 aliphatic rings. The van der Waals surface area contributed by atoms with Gasteiger partial charge in [-0.1, -0.05) is 0 Å². The van der Waals surface area contributed by atoms with E-state index in [1.165, 1.54) is 0 Å². The summed E-state index contributed by atoms with van der Waals surface area (Å²) in [6, 6.07) is 0. The molecule has 0 nitrogen and oxygen atoms in total. The second kappa shape index (κ2) is 7.48. The molecule has 2 heteroatoms. The van der Waals surface area contributed by atoms with Gasteiger partial charge in [-0.3, -0.25) is 0 Å². The van der Waals surface area contributed by atoms with E-state index in [1.54, 1.807) is 68.8 Å². The van der Waals surface area contributed by atoms with Crippen LogP contribution in [0.1, 0.15) is 51.4 Å². The van der Waals surface area contributed by atoms with E-state index >= 15 is 0 Å². The number of fused-ring (bicyclic) bond motifs is 4. The third kappa shape index (κ3) is 5.32. The molecule has 22 heavy (non-hydrogen) atoms. The summed E-state index contributed by atoms with van der Waals surface area (Å²) in [5.74, 6) is 4.63. The van der Waals surface area contributed by atoms with Crippen LogP contribution in [0.2, 0.25) is 37.0 Å². The topological polar surface area (TPSA) is 0 Å². The molecule has 4 atom stereocenters. The summed E-state index contributed by atoms with van der Waals surface area (Å²) in [6.07, 6.45) is 12.8. The van der Waals surface area contributed by atoms with Crippen molar-refractivity contribution < 1.29 is 0 Å². The van der Waals surface area contributed by atoms with Gasteiger partial charge in [0.25, 0.3) is 0 Å². The van der Waals surface area contributed by atoms with Gasteiger partial charge in [-0.15, -0.1) is 0 Å². The van der Waals surface area contributed by atoms with Crippen LogP contribution in [0.3, 0.4) is 0 Å². The maximum absolute atomic E-state index is 2.80. The van der Waals surface area contributed by atoms with Crippen molar-refractivity contribution in [2.24, 2.45) is 23.7 Å². The Bertz CT molecular complexity index is 310. The quantitative estimate of drug-likeness (QED) is 0.317. The molecule has 132 valence electrons. The van der Waals surface area contributed by atoms with Gasteiger partial charge in [-0.05, 0) is 0 Å². The van der Waals surface area contributed by atoms with Crippen LogP contribution in [0.4, 0.5) is 0 Å². The summed E-state index contributed by atoms with van der Waals surface area (Å²) >= 11 is -3.48. The van der Waals surface area contributed by atoms with E-state index in [0.29, 0.717) is 0 Å². The van der Waals surface area contributed by atoms with Crippen molar-refractivity contribution in [1.29, 1.82) is 0 Å².